The lowest BCUT2D eigenvalue weighted by molar-refractivity contribution is 0.0534. The number of amides is 1. The van der Waals surface area contributed by atoms with Crippen LogP contribution in [0.4, 0.5) is 4.39 Å². The molecule has 0 spiro atoms. The standard InChI is InChI=1S/C30H32ClFN4O2/c1-19(2)27(35(18-24(32)16-33)29(37)22-11-9-20(3)10-12-22)28-34-26-15-23(31)13-14-25(26)30(38)36(28)17-21-7-5-4-6-8-21/h4-15,19,24,27H,16-18,33H2,1-3H3/t24-,27+/m0/s1. The van der Waals surface area contributed by atoms with Crippen LogP contribution in [0.25, 0.3) is 10.9 Å². The molecule has 38 heavy (non-hydrogen) atoms. The van der Waals surface area contributed by atoms with Crippen LogP contribution < -0.4 is 11.3 Å². The first-order valence-electron chi connectivity index (χ1n) is 12.6. The molecule has 0 aliphatic carbocycles. The van der Waals surface area contributed by atoms with Crippen molar-refractivity contribution < 1.29 is 9.18 Å². The van der Waals surface area contributed by atoms with E-state index in [1.165, 1.54) is 4.90 Å². The molecule has 0 bridgehead atoms. The molecule has 198 valence electrons. The Bertz CT molecular complexity index is 1470. The number of nitrogens with zero attached hydrogens (tertiary/aromatic N) is 3. The Hall–Kier alpha value is -3.55. The van der Waals surface area contributed by atoms with Crippen molar-refractivity contribution in [2.75, 3.05) is 13.1 Å². The lowest BCUT2D eigenvalue weighted by Crippen LogP contribution is -2.45. The Morgan fingerprint density at radius 3 is 2.39 bits per heavy atom. The highest BCUT2D eigenvalue weighted by Gasteiger charge is 2.34. The van der Waals surface area contributed by atoms with E-state index in [2.05, 4.69) is 0 Å². The molecule has 1 aromatic heterocycles. The second kappa shape index (κ2) is 11.9. The van der Waals surface area contributed by atoms with Crippen LogP contribution in [-0.2, 0) is 6.54 Å². The van der Waals surface area contributed by atoms with Gasteiger partial charge in [-0.25, -0.2) is 9.37 Å². The molecule has 3 aromatic carbocycles. The first-order chi connectivity index (χ1) is 18.2. The normalized spacial score (nSPS) is 13.0. The predicted octanol–water partition coefficient (Wildman–Crippen LogP) is 5.54. The highest BCUT2D eigenvalue weighted by atomic mass is 35.5. The summed E-state index contributed by atoms with van der Waals surface area (Å²) in [5, 5.41) is 0.857. The maximum Gasteiger partial charge on any atom is 0.261 e. The number of rotatable bonds is 9. The molecule has 0 aliphatic rings. The largest absolute Gasteiger partial charge is 0.328 e. The van der Waals surface area contributed by atoms with E-state index in [9.17, 15) is 14.0 Å². The van der Waals surface area contributed by atoms with Gasteiger partial charge >= 0.3 is 0 Å². The zero-order valence-electron chi connectivity index (χ0n) is 21.8. The summed E-state index contributed by atoms with van der Waals surface area (Å²) in [5.41, 5.74) is 8.13. The van der Waals surface area contributed by atoms with Crippen LogP contribution in [-0.4, -0.2) is 39.6 Å². The number of aryl methyl sites for hydroxylation is 1. The molecular weight excluding hydrogens is 503 g/mol. The SMILES string of the molecule is Cc1ccc(C(=O)N(C[C@@H](F)CN)[C@@H](c2nc3cc(Cl)ccc3c(=O)n2Cc2ccccc2)C(C)C)cc1. The third-order valence-electron chi connectivity index (χ3n) is 6.57. The highest BCUT2D eigenvalue weighted by Crippen LogP contribution is 2.31. The molecule has 8 heteroatoms. The van der Waals surface area contributed by atoms with Crippen LogP contribution in [0.2, 0.25) is 5.02 Å². The van der Waals surface area contributed by atoms with Gasteiger partial charge in [-0.2, -0.15) is 0 Å². The van der Waals surface area contributed by atoms with E-state index in [0.717, 1.165) is 11.1 Å². The number of alkyl halides is 1. The van der Waals surface area contributed by atoms with Crippen molar-refractivity contribution in [1.82, 2.24) is 14.5 Å². The van der Waals surface area contributed by atoms with Crippen molar-refractivity contribution in [1.29, 1.82) is 0 Å². The minimum absolute atomic E-state index is 0.208. The van der Waals surface area contributed by atoms with Crippen molar-refractivity contribution in [2.45, 2.75) is 39.5 Å². The van der Waals surface area contributed by atoms with Gasteiger partial charge in [0, 0.05) is 17.1 Å². The number of hydrogen-bond acceptors (Lipinski definition) is 4. The van der Waals surface area contributed by atoms with Gasteiger partial charge in [-0.1, -0.05) is 73.5 Å². The van der Waals surface area contributed by atoms with Gasteiger partial charge in [-0.15, -0.1) is 0 Å². The molecule has 4 aromatic rings. The van der Waals surface area contributed by atoms with E-state index < -0.39 is 12.2 Å². The summed E-state index contributed by atoms with van der Waals surface area (Å²) < 4.78 is 16.5. The van der Waals surface area contributed by atoms with Crippen molar-refractivity contribution in [2.24, 2.45) is 11.7 Å². The molecule has 1 amide bonds. The molecule has 0 saturated carbocycles. The van der Waals surface area contributed by atoms with Crippen molar-refractivity contribution in [3.8, 4) is 0 Å². The van der Waals surface area contributed by atoms with E-state index in [1.807, 2.05) is 63.2 Å². The Morgan fingerprint density at radius 2 is 1.76 bits per heavy atom. The topological polar surface area (TPSA) is 81.2 Å². The first-order valence-corrected chi connectivity index (χ1v) is 13.0. The maximum absolute atomic E-state index is 14.9. The van der Waals surface area contributed by atoms with Crippen LogP contribution in [0.5, 0.6) is 0 Å². The van der Waals surface area contributed by atoms with Crippen LogP contribution in [0.3, 0.4) is 0 Å². The number of benzene rings is 3. The first kappa shape index (κ1) is 27.5. The molecule has 2 N–H and O–H groups in total. The molecule has 0 aliphatic heterocycles. The van der Waals surface area contributed by atoms with Gasteiger partial charge in [0.05, 0.1) is 30.0 Å². The quantitative estimate of drug-likeness (QED) is 0.305. The van der Waals surface area contributed by atoms with Gasteiger partial charge in [0.1, 0.15) is 12.0 Å². The average molecular weight is 535 g/mol. The summed E-state index contributed by atoms with van der Waals surface area (Å²) in [6, 6.07) is 20.9. The van der Waals surface area contributed by atoms with E-state index in [-0.39, 0.29) is 37.0 Å². The monoisotopic (exact) mass is 534 g/mol. The molecule has 2 atom stereocenters. The van der Waals surface area contributed by atoms with Gasteiger partial charge in [0.15, 0.2) is 0 Å². The second-order valence-corrected chi connectivity index (χ2v) is 10.3. The Balaban J connectivity index is 1.95. The summed E-state index contributed by atoms with van der Waals surface area (Å²) in [7, 11) is 0. The lowest BCUT2D eigenvalue weighted by Gasteiger charge is -2.36. The van der Waals surface area contributed by atoms with E-state index in [4.69, 9.17) is 22.3 Å². The summed E-state index contributed by atoms with van der Waals surface area (Å²) in [6.07, 6.45) is -1.45. The van der Waals surface area contributed by atoms with Gasteiger partial charge in [-0.3, -0.25) is 14.2 Å². The summed E-state index contributed by atoms with van der Waals surface area (Å²) >= 11 is 6.25. The van der Waals surface area contributed by atoms with Gasteiger partial charge in [-0.05, 0) is 48.7 Å². The fourth-order valence-corrected chi connectivity index (χ4v) is 4.79. The lowest BCUT2D eigenvalue weighted by atomic mass is 9.98. The minimum Gasteiger partial charge on any atom is -0.328 e. The van der Waals surface area contributed by atoms with Crippen LogP contribution in [0.1, 0.15) is 47.2 Å². The Morgan fingerprint density at radius 1 is 1.08 bits per heavy atom. The molecule has 0 saturated heterocycles. The maximum atomic E-state index is 14.9. The molecule has 4 rings (SSSR count). The average Bonchev–Trinajstić information content (AvgIpc) is 2.90. The van der Waals surface area contributed by atoms with Gasteiger partial charge in [0.25, 0.3) is 11.5 Å². The predicted molar refractivity (Wildman–Crippen MR) is 150 cm³/mol. The molecule has 6 nitrogen and oxygen atoms in total. The smallest absolute Gasteiger partial charge is 0.261 e. The Kier molecular flexibility index (Phi) is 8.59. The molecule has 0 unspecified atom stereocenters. The number of carbonyl (C=O) groups is 1. The molecule has 1 heterocycles. The van der Waals surface area contributed by atoms with Crippen molar-refractivity contribution in [3.05, 3.63) is 111 Å². The fourth-order valence-electron chi connectivity index (χ4n) is 4.63. The highest BCUT2D eigenvalue weighted by molar-refractivity contribution is 6.31. The summed E-state index contributed by atoms with van der Waals surface area (Å²) in [4.78, 5) is 34.1. The van der Waals surface area contributed by atoms with Crippen molar-refractivity contribution >= 4 is 28.4 Å². The number of nitrogens with two attached hydrogens (primary N) is 1. The summed E-state index contributed by atoms with van der Waals surface area (Å²) in [6.45, 7) is 5.56. The number of fused-ring (bicyclic) bond motifs is 1. The van der Waals surface area contributed by atoms with E-state index in [1.54, 1.807) is 34.9 Å². The van der Waals surface area contributed by atoms with Crippen LogP contribution in [0, 0.1) is 12.8 Å². The van der Waals surface area contributed by atoms with Gasteiger partial charge in [0.2, 0.25) is 0 Å². The van der Waals surface area contributed by atoms with E-state index in [0.29, 0.717) is 27.3 Å². The molecular formula is C30H32ClFN4O2. The fraction of sp³-hybridized carbons (Fsp3) is 0.300. The molecule has 0 fully saturated rings. The van der Waals surface area contributed by atoms with E-state index >= 15 is 0 Å². The van der Waals surface area contributed by atoms with Crippen LogP contribution >= 0.6 is 11.6 Å². The third kappa shape index (κ3) is 5.95. The van der Waals surface area contributed by atoms with Gasteiger partial charge < -0.3 is 10.6 Å². The number of carbonyl (C=O) groups excluding carboxylic acids is 1. The second-order valence-electron chi connectivity index (χ2n) is 9.85. The zero-order valence-corrected chi connectivity index (χ0v) is 22.5. The number of hydrogen-bond donors (Lipinski definition) is 1. The third-order valence-corrected chi connectivity index (χ3v) is 6.81. The summed E-state index contributed by atoms with van der Waals surface area (Å²) in [5.74, 6) is -0.195. The molecule has 0 radical (unpaired) electrons. The van der Waals surface area contributed by atoms with Crippen molar-refractivity contribution in [3.63, 3.8) is 0 Å². The minimum atomic E-state index is -1.45. The zero-order chi connectivity index (χ0) is 27.4. The van der Waals surface area contributed by atoms with Crippen LogP contribution in [0.15, 0.2) is 77.6 Å². The number of aromatic nitrogens is 2. The number of halogens is 2. The Labute approximate surface area is 226 Å².